The number of hydrogen-bond acceptors (Lipinski definition) is 5. The molecule has 134 valence electrons. The van der Waals surface area contributed by atoms with Crippen LogP contribution in [0, 0.1) is 0 Å². The van der Waals surface area contributed by atoms with E-state index in [0.717, 1.165) is 42.2 Å². The Morgan fingerprint density at radius 3 is 2.85 bits per heavy atom. The van der Waals surface area contributed by atoms with Crippen molar-refractivity contribution in [1.82, 2.24) is 19.4 Å². The van der Waals surface area contributed by atoms with Gasteiger partial charge in [0.1, 0.15) is 5.82 Å². The number of imidazole rings is 1. The number of nitrogens with one attached hydrogen (secondary N) is 1. The predicted octanol–water partition coefficient (Wildman–Crippen LogP) is 3.15. The molecule has 1 aliphatic rings. The summed E-state index contributed by atoms with van der Waals surface area (Å²) in [5.41, 5.74) is 4.66. The lowest BCUT2D eigenvalue weighted by molar-refractivity contribution is -0.120. The van der Waals surface area contributed by atoms with Crippen molar-refractivity contribution in [3.05, 3.63) is 53.4 Å². The fraction of sp³-hybridized carbons (Fsp3) is 0.316. The van der Waals surface area contributed by atoms with Gasteiger partial charge >= 0.3 is 0 Å². The third-order valence-electron chi connectivity index (χ3n) is 4.81. The number of hydrogen-bond donors (Lipinski definition) is 1. The first-order valence-electron chi connectivity index (χ1n) is 8.70. The number of likely N-dealkylation sites (tertiary alicyclic amines) is 1. The number of amides is 1. The quantitative estimate of drug-likeness (QED) is 0.752. The van der Waals surface area contributed by atoms with E-state index < -0.39 is 0 Å². The lowest BCUT2D eigenvalue weighted by Crippen LogP contribution is -2.39. The maximum atomic E-state index is 12.8. The molecule has 1 fully saturated rings. The van der Waals surface area contributed by atoms with Crippen molar-refractivity contribution in [3.63, 3.8) is 0 Å². The average Bonchev–Trinajstić information content (AvgIpc) is 3.39. The van der Waals surface area contributed by atoms with Gasteiger partial charge < -0.3 is 9.88 Å². The van der Waals surface area contributed by atoms with Crippen LogP contribution in [0.1, 0.15) is 18.7 Å². The van der Waals surface area contributed by atoms with Gasteiger partial charge in [-0.05, 0) is 31.5 Å². The molecule has 1 atom stereocenters. The van der Waals surface area contributed by atoms with Gasteiger partial charge in [-0.2, -0.15) is 0 Å². The normalized spacial score (nSPS) is 17.5. The number of thiazole rings is 1. The minimum Gasteiger partial charge on any atom is -0.337 e. The van der Waals surface area contributed by atoms with Crippen LogP contribution in [0.25, 0.3) is 11.3 Å². The van der Waals surface area contributed by atoms with E-state index in [1.807, 2.05) is 53.0 Å². The summed E-state index contributed by atoms with van der Waals surface area (Å²) >= 11 is 1.58. The number of benzene rings is 1. The first-order valence-corrected chi connectivity index (χ1v) is 9.65. The van der Waals surface area contributed by atoms with Crippen LogP contribution >= 0.6 is 11.3 Å². The van der Waals surface area contributed by atoms with E-state index in [-0.39, 0.29) is 11.9 Å². The topological polar surface area (TPSA) is 63.1 Å². The highest BCUT2D eigenvalue weighted by Crippen LogP contribution is 2.23. The average molecular weight is 367 g/mol. The van der Waals surface area contributed by atoms with Gasteiger partial charge in [0.05, 0.1) is 23.8 Å². The summed E-state index contributed by atoms with van der Waals surface area (Å²) in [6.45, 7) is 1.62. The maximum absolute atomic E-state index is 12.8. The molecule has 1 saturated heterocycles. The van der Waals surface area contributed by atoms with Crippen LogP contribution < -0.4 is 5.32 Å². The maximum Gasteiger partial charge on any atom is 0.241 e. The Labute approximate surface area is 156 Å². The van der Waals surface area contributed by atoms with Gasteiger partial charge in [0.2, 0.25) is 5.91 Å². The van der Waals surface area contributed by atoms with Crippen LogP contribution in [-0.4, -0.2) is 37.9 Å². The molecular formula is C19H21N5OS. The molecule has 3 heterocycles. The molecule has 7 heteroatoms. The third-order valence-corrected chi connectivity index (χ3v) is 5.40. The third kappa shape index (κ3) is 3.54. The number of nitrogens with zero attached hydrogens (tertiary/aromatic N) is 4. The van der Waals surface area contributed by atoms with Gasteiger partial charge in [-0.1, -0.05) is 12.1 Å². The Morgan fingerprint density at radius 2 is 2.15 bits per heavy atom. The molecule has 0 bridgehead atoms. The highest BCUT2D eigenvalue weighted by atomic mass is 32.1. The molecule has 1 aromatic carbocycles. The molecule has 1 N–H and O–H groups in total. The van der Waals surface area contributed by atoms with Gasteiger partial charge in [-0.15, -0.1) is 11.3 Å². The van der Waals surface area contributed by atoms with Crippen LogP contribution in [-0.2, 0) is 18.4 Å². The second kappa shape index (κ2) is 7.39. The van der Waals surface area contributed by atoms with E-state index in [0.29, 0.717) is 6.54 Å². The molecule has 1 aliphatic heterocycles. The van der Waals surface area contributed by atoms with E-state index in [4.69, 9.17) is 0 Å². The van der Waals surface area contributed by atoms with Crippen LogP contribution in [0.15, 0.2) is 47.5 Å². The number of aromatic nitrogens is 3. The van der Waals surface area contributed by atoms with Gasteiger partial charge in [-0.25, -0.2) is 9.97 Å². The molecular weight excluding hydrogens is 346 g/mol. The first-order chi connectivity index (χ1) is 12.7. The Morgan fingerprint density at radius 1 is 1.31 bits per heavy atom. The highest BCUT2D eigenvalue weighted by Gasteiger charge is 2.31. The summed E-state index contributed by atoms with van der Waals surface area (Å²) in [7, 11) is 1.98. The molecule has 6 nitrogen and oxygen atoms in total. The van der Waals surface area contributed by atoms with Crippen LogP contribution in [0.3, 0.4) is 0 Å². The minimum atomic E-state index is -0.107. The summed E-state index contributed by atoms with van der Waals surface area (Å²) in [6.07, 6.45) is 5.65. The summed E-state index contributed by atoms with van der Waals surface area (Å²) in [4.78, 5) is 23.7. The lowest BCUT2D eigenvalue weighted by Gasteiger charge is -2.23. The van der Waals surface area contributed by atoms with E-state index >= 15 is 0 Å². The van der Waals surface area contributed by atoms with Crippen molar-refractivity contribution in [1.29, 1.82) is 0 Å². The molecule has 0 saturated carbocycles. The van der Waals surface area contributed by atoms with Crippen molar-refractivity contribution >= 4 is 22.9 Å². The zero-order valence-electron chi connectivity index (χ0n) is 14.6. The highest BCUT2D eigenvalue weighted by molar-refractivity contribution is 7.07. The zero-order valence-corrected chi connectivity index (χ0v) is 15.4. The van der Waals surface area contributed by atoms with Crippen molar-refractivity contribution in [2.75, 3.05) is 11.9 Å². The van der Waals surface area contributed by atoms with E-state index in [2.05, 4.69) is 20.2 Å². The zero-order chi connectivity index (χ0) is 17.9. The standard InChI is InChI=1S/C19H21N5OS/c1-23-10-8-20-18(23)11-24-9-2-3-17(24)19(25)22-15-6-4-14(5-7-15)16-12-26-13-21-16/h4-8,10,12-13,17H,2-3,9,11H2,1H3,(H,22,25). The number of aryl methyl sites for hydroxylation is 1. The van der Waals surface area contributed by atoms with Gasteiger partial charge in [0, 0.05) is 36.1 Å². The second-order valence-corrected chi connectivity index (χ2v) is 7.24. The minimum absolute atomic E-state index is 0.0538. The Hall–Kier alpha value is -2.51. The molecule has 3 aromatic rings. The number of carbonyl (C=O) groups is 1. The fourth-order valence-electron chi connectivity index (χ4n) is 3.35. The Balaban J connectivity index is 1.41. The Bertz CT molecular complexity index is 872. The number of anilines is 1. The van der Waals surface area contributed by atoms with Gasteiger partial charge in [0.15, 0.2) is 0 Å². The summed E-state index contributed by atoms with van der Waals surface area (Å²) in [6, 6.07) is 7.75. The molecule has 1 amide bonds. The summed E-state index contributed by atoms with van der Waals surface area (Å²) in [5.74, 6) is 1.04. The van der Waals surface area contributed by atoms with Crippen molar-refractivity contribution in [3.8, 4) is 11.3 Å². The Kier molecular flexibility index (Phi) is 4.81. The molecule has 0 spiro atoms. The van der Waals surface area contributed by atoms with E-state index in [1.54, 1.807) is 17.5 Å². The molecule has 4 rings (SSSR count). The van der Waals surface area contributed by atoms with E-state index in [9.17, 15) is 4.79 Å². The fourth-order valence-corrected chi connectivity index (χ4v) is 3.91. The number of carbonyl (C=O) groups excluding carboxylic acids is 1. The van der Waals surface area contributed by atoms with Crippen LogP contribution in [0.4, 0.5) is 5.69 Å². The number of rotatable bonds is 5. The van der Waals surface area contributed by atoms with Crippen molar-refractivity contribution < 1.29 is 4.79 Å². The molecule has 2 aromatic heterocycles. The van der Waals surface area contributed by atoms with Crippen molar-refractivity contribution in [2.45, 2.75) is 25.4 Å². The predicted molar refractivity (Wildman–Crippen MR) is 103 cm³/mol. The summed E-state index contributed by atoms with van der Waals surface area (Å²) < 4.78 is 2.00. The van der Waals surface area contributed by atoms with Gasteiger partial charge in [0.25, 0.3) is 0 Å². The van der Waals surface area contributed by atoms with Crippen LogP contribution in [0.2, 0.25) is 0 Å². The van der Waals surface area contributed by atoms with E-state index in [1.165, 1.54) is 0 Å². The first kappa shape index (κ1) is 16.9. The molecule has 26 heavy (non-hydrogen) atoms. The summed E-state index contributed by atoms with van der Waals surface area (Å²) in [5, 5.41) is 5.07. The van der Waals surface area contributed by atoms with Gasteiger partial charge in [-0.3, -0.25) is 9.69 Å². The molecule has 0 aliphatic carbocycles. The van der Waals surface area contributed by atoms with Crippen LogP contribution in [0.5, 0.6) is 0 Å². The molecule has 0 radical (unpaired) electrons. The second-order valence-electron chi connectivity index (χ2n) is 6.52. The largest absolute Gasteiger partial charge is 0.337 e. The van der Waals surface area contributed by atoms with Crippen molar-refractivity contribution in [2.24, 2.45) is 7.05 Å². The smallest absolute Gasteiger partial charge is 0.241 e. The lowest BCUT2D eigenvalue weighted by atomic mass is 10.1. The monoisotopic (exact) mass is 367 g/mol. The molecule has 1 unspecified atom stereocenters. The SMILES string of the molecule is Cn1ccnc1CN1CCCC1C(=O)Nc1ccc(-c2cscn2)cc1.